The highest BCUT2D eigenvalue weighted by Crippen LogP contribution is 2.35. The molecule has 2 atom stereocenters. The van der Waals surface area contributed by atoms with Crippen LogP contribution in [0.3, 0.4) is 0 Å². The van der Waals surface area contributed by atoms with Crippen LogP contribution in [-0.4, -0.2) is 53.4 Å². The van der Waals surface area contributed by atoms with Crippen molar-refractivity contribution in [1.29, 1.82) is 0 Å². The number of imidazole rings is 1. The number of methoxy groups -OCH3 is 1. The minimum atomic E-state index is -0.332. The Morgan fingerprint density at radius 3 is 2.67 bits per heavy atom. The fraction of sp³-hybridized carbons (Fsp3) is 0.480. The van der Waals surface area contributed by atoms with Crippen LogP contribution in [0.4, 0.5) is 5.82 Å². The summed E-state index contributed by atoms with van der Waals surface area (Å²) in [6, 6.07) is 11.4. The second-order valence-electron chi connectivity index (χ2n) is 8.99. The van der Waals surface area contributed by atoms with Gasteiger partial charge in [-0.25, -0.2) is 14.8 Å². The van der Waals surface area contributed by atoms with Crippen molar-refractivity contribution in [2.24, 2.45) is 5.92 Å². The molecule has 7 nitrogen and oxygen atoms in total. The first-order chi connectivity index (χ1) is 16.0. The van der Waals surface area contributed by atoms with Crippen molar-refractivity contribution in [3.63, 3.8) is 0 Å². The Kier molecular flexibility index (Phi) is 6.25. The van der Waals surface area contributed by atoms with Crippen LogP contribution in [0.25, 0.3) is 11.0 Å². The third-order valence-corrected chi connectivity index (χ3v) is 7.27. The number of anilines is 1. The molecule has 3 aromatic rings. The molecule has 1 unspecified atom stereocenters. The SMILES string of the molecule is COC(=O)c1ccc2nc(C(C)C3CCN(c4cccc(Cl)n4)CC3)n(C[C@@H]3CCO3)c2c1. The number of hydrogen-bond acceptors (Lipinski definition) is 6. The summed E-state index contributed by atoms with van der Waals surface area (Å²) < 4.78 is 12.9. The quantitative estimate of drug-likeness (QED) is 0.386. The van der Waals surface area contributed by atoms with E-state index < -0.39 is 0 Å². The zero-order chi connectivity index (χ0) is 22.9. The Labute approximate surface area is 198 Å². The highest BCUT2D eigenvalue weighted by Gasteiger charge is 2.30. The zero-order valence-corrected chi connectivity index (χ0v) is 19.8. The van der Waals surface area contributed by atoms with Gasteiger partial charge in [0.05, 0.1) is 36.4 Å². The highest BCUT2D eigenvalue weighted by atomic mass is 35.5. The molecule has 4 heterocycles. The summed E-state index contributed by atoms with van der Waals surface area (Å²) in [7, 11) is 1.41. The maximum atomic E-state index is 12.1. The van der Waals surface area contributed by atoms with Gasteiger partial charge in [0, 0.05) is 25.6 Å². The number of carbonyl (C=O) groups excluding carboxylic acids is 1. The molecule has 0 bridgehead atoms. The predicted octanol–water partition coefficient (Wildman–Crippen LogP) is 4.68. The molecule has 0 N–H and O–H groups in total. The van der Waals surface area contributed by atoms with Crippen molar-refractivity contribution < 1.29 is 14.3 Å². The predicted molar refractivity (Wildman–Crippen MR) is 128 cm³/mol. The van der Waals surface area contributed by atoms with Crippen molar-refractivity contribution in [1.82, 2.24) is 14.5 Å². The molecule has 33 heavy (non-hydrogen) atoms. The largest absolute Gasteiger partial charge is 0.465 e. The van der Waals surface area contributed by atoms with E-state index in [1.54, 1.807) is 6.07 Å². The maximum absolute atomic E-state index is 12.1. The van der Waals surface area contributed by atoms with Gasteiger partial charge in [0.15, 0.2) is 0 Å². The average molecular weight is 469 g/mol. The molecular weight excluding hydrogens is 440 g/mol. The monoisotopic (exact) mass is 468 g/mol. The van der Waals surface area contributed by atoms with Crippen molar-refractivity contribution in [3.05, 3.63) is 52.9 Å². The average Bonchev–Trinajstić information content (AvgIpc) is 3.18. The molecule has 0 spiro atoms. The van der Waals surface area contributed by atoms with Crippen LogP contribution in [0, 0.1) is 5.92 Å². The normalized spacial score (nSPS) is 20.0. The third-order valence-electron chi connectivity index (χ3n) is 7.06. The minimum Gasteiger partial charge on any atom is -0.465 e. The number of ether oxygens (including phenoxy) is 2. The van der Waals surface area contributed by atoms with E-state index >= 15 is 0 Å². The molecule has 0 radical (unpaired) electrons. The number of piperidine rings is 1. The van der Waals surface area contributed by atoms with Gasteiger partial charge >= 0.3 is 5.97 Å². The molecule has 2 aliphatic rings. The molecule has 5 rings (SSSR count). The number of pyridine rings is 1. The number of carbonyl (C=O) groups is 1. The number of halogens is 1. The molecule has 0 saturated carbocycles. The van der Waals surface area contributed by atoms with Crippen LogP contribution in [0.5, 0.6) is 0 Å². The van der Waals surface area contributed by atoms with E-state index in [0.717, 1.165) is 68.2 Å². The van der Waals surface area contributed by atoms with Crippen LogP contribution in [0.1, 0.15) is 48.3 Å². The molecule has 2 aliphatic heterocycles. The number of fused-ring (bicyclic) bond motifs is 1. The van der Waals surface area contributed by atoms with Gasteiger partial charge in [-0.15, -0.1) is 0 Å². The summed E-state index contributed by atoms with van der Waals surface area (Å²) in [6.07, 6.45) is 3.37. The van der Waals surface area contributed by atoms with E-state index in [1.807, 2.05) is 30.3 Å². The first kappa shape index (κ1) is 22.2. The number of aromatic nitrogens is 3. The van der Waals surface area contributed by atoms with E-state index in [-0.39, 0.29) is 18.0 Å². The van der Waals surface area contributed by atoms with Gasteiger partial charge in [-0.05, 0) is 55.5 Å². The molecule has 0 aliphatic carbocycles. The number of benzene rings is 1. The van der Waals surface area contributed by atoms with Gasteiger partial charge in [-0.2, -0.15) is 0 Å². The smallest absolute Gasteiger partial charge is 0.337 e. The van der Waals surface area contributed by atoms with Gasteiger partial charge in [0.1, 0.15) is 16.8 Å². The van der Waals surface area contributed by atoms with E-state index in [0.29, 0.717) is 16.6 Å². The fourth-order valence-electron chi connectivity index (χ4n) is 4.97. The summed E-state index contributed by atoms with van der Waals surface area (Å²) in [6.45, 7) is 5.73. The van der Waals surface area contributed by atoms with Crippen LogP contribution >= 0.6 is 11.6 Å². The summed E-state index contributed by atoms with van der Waals surface area (Å²) >= 11 is 6.09. The molecular formula is C25H29ClN4O3. The zero-order valence-electron chi connectivity index (χ0n) is 19.0. The van der Waals surface area contributed by atoms with Crippen LogP contribution in [0.15, 0.2) is 36.4 Å². The highest BCUT2D eigenvalue weighted by molar-refractivity contribution is 6.29. The summed E-state index contributed by atoms with van der Waals surface area (Å²) in [5.74, 6) is 2.48. The fourth-order valence-corrected chi connectivity index (χ4v) is 5.13. The van der Waals surface area contributed by atoms with Gasteiger partial charge in [0.2, 0.25) is 0 Å². The number of rotatable bonds is 6. The summed E-state index contributed by atoms with van der Waals surface area (Å²) in [5, 5.41) is 0.529. The molecule has 0 amide bonds. The second-order valence-corrected chi connectivity index (χ2v) is 9.38. The number of esters is 1. The van der Waals surface area contributed by atoms with Gasteiger partial charge in [-0.3, -0.25) is 0 Å². The third kappa shape index (κ3) is 4.44. The van der Waals surface area contributed by atoms with E-state index in [1.165, 1.54) is 7.11 Å². The van der Waals surface area contributed by atoms with Crippen molar-refractivity contribution in [2.45, 2.75) is 44.8 Å². The lowest BCUT2D eigenvalue weighted by Crippen LogP contribution is -2.36. The molecule has 1 aromatic carbocycles. The Hall–Kier alpha value is -2.64. The first-order valence-electron chi connectivity index (χ1n) is 11.6. The Morgan fingerprint density at radius 2 is 2.00 bits per heavy atom. The maximum Gasteiger partial charge on any atom is 0.337 e. The van der Waals surface area contributed by atoms with E-state index in [2.05, 4.69) is 21.4 Å². The summed E-state index contributed by atoms with van der Waals surface area (Å²) in [4.78, 5) is 23.9. The van der Waals surface area contributed by atoms with E-state index in [9.17, 15) is 4.79 Å². The van der Waals surface area contributed by atoms with Crippen LogP contribution in [0.2, 0.25) is 5.15 Å². The molecule has 174 valence electrons. The molecule has 2 fully saturated rings. The lowest BCUT2D eigenvalue weighted by molar-refractivity contribution is -0.0592. The van der Waals surface area contributed by atoms with Gasteiger partial charge in [-0.1, -0.05) is 24.6 Å². The first-order valence-corrected chi connectivity index (χ1v) is 12.0. The number of nitrogens with zero attached hydrogens (tertiary/aromatic N) is 4. The van der Waals surface area contributed by atoms with Crippen LogP contribution < -0.4 is 4.90 Å². The Balaban J connectivity index is 1.40. The molecule has 8 heteroatoms. The van der Waals surface area contributed by atoms with Crippen molar-refractivity contribution in [3.8, 4) is 0 Å². The standard InChI is InChI=1S/C25H29ClN4O3/c1-16(17-8-11-29(12-9-17)23-5-3-4-22(26)28-23)24-27-20-7-6-18(25(31)32-2)14-21(20)30(24)15-19-10-13-33-19/h3-7,14,16-17,19H,8-13,15H2,1-2H3/t16?,19-/m0/s1. The van der Waals surface area contributed by atoms with Gasteiger partial charge < -0.3 is 18.9 Å². The second kappa shape index (κ2) is 9.31. The lowest BCUT2D eigenvalue weighted by Gasteiger charge is -2.36. The topological polar surface area (TPSA) is 69.5 Å². The Bertz CT molecular complexity index is 1150. The van der Waals surface area contributed by atoms with Crippen molar-refractivity contribution >= 4 is 34.4 Å². The minimum absolute atomic E-state index is 0.200. The van der Waals surface area contributed by atoms with E-state index in [4.69, 9.17) is 26.1 Å². The van der Waals surface area contributed by atoms with Gasteiger partial charge in [0.25, 0.3) is 0 Å². The lowest BCUT2D eigenvalue weighted by atomic mass is 9.84. The summed E-state index contributed by atoms with van der Waals surface area (Å²) in [5.41, 5.74) is 2.42. The Morgan fingerprint density at radius 1 is 1.21 bits per heavy atom. The van der Waals surface area contributed by atoms with Crippen LogP contribution in [-0.2, 0) is 16.0 Å². The molecule has 2 saturated heterocycles. The molecule has 2 aromatic heterocycles. The number of hydrogen-bond donors (Lipinski definition) is 0. The van der Waals surface area contributed by atoms with Crippen molar-refractivity contribution in [2.75, 3.05) is 31.7 Å².